The number of ether oxygens (including phenoxy) is 1. The van der Waals surface area contributed by atoms with Crippen LogP contribution in [0, 0.1) is 5.82 Å². The van der Waals surface area contributed by atoms with E-state index in [-0.39, 0.29) is 12.8 Å². The maximum atomic E-state index is 13.2. The average Bonchev–Trinajstić information content (AvgIpc) is 2.84. The summed E-state index contributed by atoms with van der Waals surface area (Å²) in [6.45, 7) is 1.72. The van der Waals surface area contributed by atoms with E-state index < -0.39 is 35.6 Å². The Balaban J connectivity index is 1.62. The van der Waals surface area contributed by atoms with Crippen molar-refractivity contribution in [1.29, 1.82) is 0 Å². The quantitative estimate of drug-likeness (QED) is 0.394. The van der Waals surface area contributed by atoms with Crippen molar-refractivity contribution in [2.45, 2.75) is 38.5 Å². The molecule has 2 atom stereocenters. The molecule has 3 amide bonds. The van der Waals surface area contributed by atoms with Gasteiger partial charge in [-0.1, -0.05) is 54.6 Å². The summed E-state index contributed by atoms with van der Waals surface area (Å²) in [5.74, 6) is -1.40. The van der Waals surface area contributed by atoms with Gasteiger partial charge < -0.3 is 21.1 Å². The maximum absolute atomic E-state index is 13.2. The molecule has 0 saturated carbocycles. The van der Waals surface area contributed by atoms with Gasteiger partial charge in [0.25, 0.3) is 0 Å². The van der Waals surface area contributed by atoms with Crippen molar-refractivity contribution in [2.24, 2.45) is 5.73 Å². The van der Waals surface area contributed by atoms with Gasteiger partial charge in [-0.25, -0.2) is 4.39 Å². The number of carbonyl (C=O) groups excluding carboxylic acids is 3. The van der Waals surface area contributed by atoms with E-state index in [2.05, 4.69) is 10.6 Å². The van der Waals surface area contributed by atoms with Crippen LogP contribution in [0.5, 0.6) is 5.75 Å². The summed E-state index contributed by atoms with van der Waals surface area (Å²) in [6.07, 6.45) is 0.300. The third-order valence-corrected chi connectivity index (χ3v) is 5.32. The van der Waals surface area contributed by atoms with Gasteiger partial charge in [-0.2, -0.15) is 0 Å². The number of hydrogen-bond donors (Lipinski definition) is 3. The van der Waals surface area contributed by atoms with Crippen LogP contribution < -0.4 is 21.1 Å². The Hall–Kier alpha value is -4.20. The zero-order valence-corrected chi connectivity index (χ0v) is 19.4. The van der Waals surface area contributed by atoms with Gasteiger partial charge in [0, 0.05) is 19.8 Å². The van der Waals surface area contributed by atoms with Gasteiger partial charge in [-0.3, -0.25) is 14.4 Å². The Kier molecular flexibility index (Phi) is 8.95. The monoisotopic (exact) mass is 477 g/mol. The summed E-state index contributed by atoms with van der Waals surface area (Å²) in [5, 5.41) is 5.20. The Bertz CT molecular complexity index is 1140. The van der Waals surface area contributed by atoms with E-state index in [1.165, 1.54) is 31.2 Å². The van der Waals surface area contributed by atoms with Crippen LogP contribution in [0.3, 0.4) is 0 Å². The minimum absolute atomic E-state index is 0.130. The second kappa shape index (κ2) is 12.3. The lowest BCUT2D eigenvalue weighted by atomic mass is 10.0. The molecule has 0 aliphatic carbocycles. The second-order valence-electron chi connectivity index (χ2n) is 8.17. The molecule has 3 aromatic rings. The predicted molar refractivity (Wildman–Crippen MR) is 130 cm³/mol. The molecule has 0 spiro atoms. The third kappa shape index (κ3) is 8.26. The number of hydrogen-bond acceptors (Lipinski definition) is 4. The lowest BCUT2D eigenvalue weighted by Crippen LogP contribution is -2.54. The summed E-state index contributed by atoms with van der Waals surface area (Å²) in [4.78, 5) is 36.6. The minimum atomic E-state index is -0.983. The fraction of sp³-hybridized carbons (Fsp3) is 0.222. The molecule has 0 aliphatic rings. The van der Waals surface area contributed by atoms with Gasteiger partial charge in [0.05, 0.1) is 0 Å². The molecule has 0 unspecified atom stereocenters. The normalized spacial score (nSPS) is 12.3. The van der Waals surface area contributed by atoms with Gasteiger partial charge >= 0.3 is 0 Å². The molecule has 0 aliphatic heterocycles. The summed E-state index contributed by atoms with van der Waals surface area (Å²) >= 11 is 0. The van der Waals surface area contributed by atoms with Crippen LogP contribution in [-0.4, -0.2) is 29.8 Å². The number of primary amides is 1. The van der Waals surface area contributed by atoms with Crippen molar-refractivity contribution in [3.63, 3.8) is 0 Å². The molecule has 0 radical (unpaired) electrons. The number of carbonyl (C=O) groups is 3. The maximum Gasteiger partial charge on any atom is 0.243 e. The van der Waals surface area contributed by atoms with E-state index in [1.54, 1.807) is 24.3 Å². The highest BCUT2D eigenvalue weighted by molar-refractivity contribution is 5.91. The first-order valence-electron chi connectivity index (χ1n) is 11.2. The predicted octanol–water partition coefficient (Wildman–Crippen LogP) is 2.66. The highest BCUT2D eigenvalue weighted by Crippen LogP contribution is 2.16. The Morgan fingerprint density at radius 2 is 1.37 bits per heavy atom. The van der Waals surface area contributed by atoms with Crippen LogP contribution in [-0.2, 0) is 33.8 Å². The first-order valence-corrected chi connectivity index (χ1v) is 11.2. The number of halogens is 1. The van der Waals surface area contributed by atoms with Crippen LogP contribution in [0.15, 0.2) is 78.9 Å². The first kappa shape index (κ1) is 25.4. The first-order chi connectivity index (χ1) is 16.8. The third-order valence-electron chi connectivity index (χ3n) is 5.32. The smallest absolute Gasteiger partial charge is 0.243 e. The van der Waals surface area contributed by atoms with Gasteiger partial charge in [-0.15, -0.1) is 0 Å². The van der Waals surface area contributed by atoms with Crippen LogP contribution in [0.1, 0.15) is 23.6 Å². The van der Waals surface area contributed by atoms with Crippen LogP contribution in [0.4, 0.5) is 4.39 Å². The number of rotatable bonds is 11. The van der Waals surface area contributed by atoms with Crippen molar-refractivity contribution < 1.29 is 23.5 Å². The standard InChI is InChI=1S/C27H28FN3O4/c1-18(32)30-25(16-19-7-11-22(28)12-8-19)27(34)31-24(26(29)33)15-20-9-13-23(14-10-20)35-17-21-5-3-2-4-6-21/h2-14,24-25H,15-17H2,1H3,(H2,29,33)(H,30,32)(H,31,34)/t24-,25-/m0/s1. The molecule has 3 aromatic carbocycles. The van der Waals surface area contributed by atoms with Crippen LogP contribution in [0.25, 0.3) is 0 Å². The molecule has 35 heavy (non-hydrogen) atoms. The minimum Gasteiger partial charge on any atom is -0.489 e. The highest BCUT2D eigenvalue weighted by atomic mass is 19.1. The Labute approximate surface area is 203 Å². The van der Waals surface area contributed by atoms with Gasteiger partial charge in [0.15, 0.2) is 0 Å². The summed E-state index contributed by atoms with van der Waals surface area (Å²) in [5.41, 5.74) is 8.01. The molecule has 0 fully saturated rings. The zero-order chi connectivity index (χ0) is 25.2. The lowest BCUT2D eigenvalue weighted by Gasteiger charge is -2.22. The Morgan fingerprint density at radius 3 is 1.94 bits per heavy atom. The molecule has 0 bridgehead atoms. The molecular formula is C27H28FN3O4. The van der Waals surface area contributed by atoms with Crippen LogP contribution in [0.2, 0.25) is 0 Å². The number of nitrogens with two attached hydrogens (primary N) is 1. The van der Waals surface area contributed by atoms with Crippen molar-refractivity contribution in [1.82, 2.24) is 10.6 Å². The molecular weight excluding hydrogens is 449 g/mol. The van der Waals surface area contributed by atoms with E-state index >= 15 is 0 Å². The van der Waals surface area contributed by atoms with E-state index in [0.29, 0.717) is 17.9 Å². The summed E-state index contributed by atoms with van der Waals surface area (Å²) in [7, 11) is 0. The zero-order valence-electron chi connectivity index (χ0n) is 19.4. The summed E-state index contributed by atoms with van der Waals surface area (Å²) < 4.78 is 19.0. The average molecular weight is 478 g/mol. The van der Waals surface area contributed by atoms with E-state index in [9.17, 15) is 18.8 Å². The molecule has 0 heterocycles. The summed E-state index contributed by atoms with van der Waals surface area (Å²) in [6, 6.07) is 20.6. The van der Waals surface area contributed by atoms with Gasteiger partial charge in [0.2, 0.25) is 17.7 Å². The lowest BCUT2D eigenvalue weighted by molar-refractivity contribution is -0.130. The number of amides is 3. The molecule has 0 aromatic heterocycles. The fourth-order valence-corrected chi connectivity index (χ4v) is 3.50. The molecule has 8 heteroatoms. The largest absolute Gasteiger partial charge is 0.489 e. The van der Waals surface area contributed by atoms with E-state index in [4.69, 9.17) is 10.5 Å². The van der Waals surface area contributed by atoms with E-state index in [1.807, 2.05) is 30.3 Å². The van der Waals surface area contributed by atoms with Crippen molar-refractivity contribution in [3.8, 4) is 5.75 Å². The molecule has 3 rings (SSSR count). The van der Waals surface area contributed by atoms with Crippen molar-refractivity contribution >= 4 is 17.7 Å². The van der Waals surface area contributed by atoms with Crippen molar-refractivity contribution in [3.05, 3.63) is 101 Å². The Morgan fingerprint density at radius 1 is 0.800 bits per heavy atom. The molecule has 182 valence electrons. The molecule has 4 N–H and O–H groups in total. The number of benzene rings is 3. The molecule has 7 nitrogen and oxygen atoms in total. The van der Waals surface area contributed by atoms with Gasteiger partial charge in [0.1, 0.15) is 30.3 Å². The SMILES string of the molecule is CC(=O)N[C@@H](Cc1ccc(F)cc1)C(=O)N[C@@H](Cc1ccc(OCc2ccccc2)cc1)C(N)=O. The second-order valence-corrected chi connectivity index (χ2v) is 8.17. The van der Waals surface area contributed by atoms with Crippen LogP contribution >= 0.6 is 0 Å². The van der Waals surface area contributed by atoms with Gasteiger partial charge in [-0.05, 0) is 41.0 Å². The van der Waals surface area contributed by atoms with E-state index in [0.717, 1.165) is 11.1 Å². The topological polar surface area (TPSA) is 111 Å². The fourth-order valence-electron chi connectivity index (χ4n) is 3.50. The number of nitrogens with one attached hydrogen (secondary N) is 2. The van der Waals surface area contributed by atoms with Crippen molar-refractivity contribution in [2.75, 3.05) is 0 Å². The molecule has 0 saturated heterocycles. The highest BCUT2D eigenvalue weighted by Gasteiger charge is 2.25.